The second kappa shape index (κ2) is 7.99. The normalized spacial score (nSPS) is 14.9. The summed E-state index contributed by atoms with van der Waals surface area (Å²) in [5.74, 6) is 0.295. The molecule has 1 amide bonds. The molecule has 2 rings (SSSR count). The smallest absolute Gasteiger partial charge is 0.310 e. The van der Waals surface area contributed by atoms with Gasteiger partial charge in [-0.05, 0) is 37.5 Å². The van der Waals surface area contributed by atoms with Crippen LogP contribution < -0.4 is 4.74 Å². The number of nitrogens with zero attached hydrogens (tertiary/aromatic N) is 1. The van der Waals surface area contributed by atoms with Crippen molar-refractivity contribution in [2.45, 2.75) is 39.2 Å². The average molecular weight is 319 g/mol. The lowest BCUT2D eigenvalue weighted by Crippen LogP contribution is -2.39. The minimum atomic E-state index is -0.301. The topological polar surface area (TPSA) is 55.8 Å². The maximum atomic E-state index is 12.6. The van der Waals surface area contributed by atoms with E-state index in [4.69, 9.17) is 9.47 Å². The minimum absolute atomic E-state index is 0.0624. The van der Waals surface area contributed by atoms with Crippen molar-refractivity contribution < 1.29 is 19.1 Å². The summed E-state index contributed by atoms with van der Waals surface area (Å²) >= 11 is 0. The van der Waals surface area contributed by atoms with Crippen LogP contribution in [-0.2, 0) is 20.7 Å². The molecule has 0 bridgehead atoms. The molecule has 1 aliphatic carbocycles. The Labute approximate surface area is 137 Å². The maximum absolute atomic E-state index is 12.6. The highest BCUT2D eigenvalue weighted by atomic mass is 16.5. The molecule has 1 aromatic rings. The summed E-state index contributed by atoms with van der Waals surface area (Å²) in [6, 6.07) is 7.86. The number of amides is 1. The summed E-state index contributed by atoms with van der Waals surface area (Å²) < 4.78 is 10.2. The van der Waals surface area contributed by atoms with Gasteiger partial charge >= 0.3 is 5.97 Å². The third kappa shape index (κ3) is 4.98. The van der Waals surface area contributed by atoms with Gasteiger partial charge < -0.3 is 14.4 Å². The van der Waals surface area contributed by atoms with E-state index in [9.17, 15) is 9.59 Å². The van der Waals surface area contributed by atoms with Gasteiger partial charge in [-0.15, -0.1) is 0 Å². The summed E-state index contributed by atoms with van der Waals surface area (Å²) in [6.07, 6.45) is 2.38. The van der Waals surface area contributed by atoms with Gasteiger partial charge in [-0.1, -0.05) is 19.1 Å². The van der Waals surface area contributed by atoms with Gasteiger partial charge in [0.15, 0.2) is 0 Å². The van der Waals surface area contributed by atoms with E-state index in [1.165, 1.54) is 7.11 Å². The van der Waals surface area contributed by atoms with Crippen LogP contribution in [0.25, 0.3) is 0 Å². The first-order valence-corrected chi connectivity index (χ1v) is 8.14. The first kappa shape index (κ1) is 17.3. The van der Waals surface area contributed by atoms with E-state index in [0.29, 0.717) is 19.6 Å². The van der Waals surface area contributed by atoms with Crippen molar-refractivity contribution in [3.8, 4) is 5.75 Å². The Morgan fingerprint density at radius 1 is 1.26 bits per heavy atom. The van der Waals surface area contributed by atoms with Crippen molar-refractivity contribution in [3.05, 3.63) is 29.8 Å². The number of ether oxygens (including phenoxy) is 2. The first-order chi connectivity index (χ1) is 11.0. The van der Waals surface area contributed by atoms with Crippen molar-refractivity contribution in [1.82, 2.24) is 4.90 Å². The van der Waals surface area contributed by atoms with E-state index in [0.717, 1.165) is 24.2 Å². The number of hydrogen-bond acceptors (Lipinski definition) is 4. The fourth-order valence-corrected chi connectivity index (χ4v) is 2.56. The van der Waals surface area contributed by atoms with Crippen molar-refractivity contribution in [1.29, 1.82) is 0 Å². The second-order valence-electron chi connectivity index (χ2n) is 5.96. The molecule has 0 aromatic heterocycles. The van der Waals surface area contributed by atoms with Crippen LogP contribution >= 0.6 is 0 Å². The van der Waals surface area contributed by atoms with Gasteiger partial charge in [0, 0.05) is 12.6 Å². The lowest BCUT2D eigenvalue weighted by Gasteiger charge is -2.25. The fourth-order valence-electron chi connectivity index (χ4n) is 2.56. The molecule has 0 aliphatic heterocycles. The Balaban J connectivity index is 1.96. The third-order valence-electron chi connectivity index (χ3n) is 3.97. The minimum Gasteiger partial charge on any atom is -0.494 e. The predicted octanol–water partition coefficient (Wildman–Crippen LogP) is 2.43. The Hall–Kier alpha value is -2.04. The van der Waals surface area contributed by atoms with Crippen LogP contribution in [-0.4, -0.2) is 43.1 Å². The highest BCUT2D eigenvalue weighted by molar-refractivity contribution is 5.80. The van der Waals surface area contributed by atoms with Gasteiger partial charge in [0.25, 0.3) is 0 Å². The Kier molecular flexibility index (Phi) is 6.02. The summed E-state index contributed by atoms with van der Waals surface area (Å²) in [7, 11) is 1.38. The van der Waals surface area contributed by atoms with E-state index in [1.54, 1.807) is 6.92 Å². The lowest BCUT2D eigenvalue weighted by atomic mass is 10.1. The zero-order chi connectivity index (χ0) is 16.8. The molecule has 1 aliphatic rings. The highest BCUT2D eigenvalue weighted by Gasteiger charge is 2.34. The molecule has 23 heavy (non-hydrogen) atoms. The first-order valence-electron chi connectivity index (χ1n) is 8.14. The van der Waals surface area contributed by atoms with Crippen molar-refractivity contribution in [2.75, 3.05) is 20.3 Å². The number of carbonyl (C=O) groups excluding carboxylic acids is 2. The average Bonchev–Trinajstić information content (AvgIpc) is 3.38. The summed E-state index contributed by atoms with van der Waals surface area (Å²) in [4.78, 5) is 26.0. The highest BCUT2D eigenvalue weighted by Crippen LogP contribution is 2.28. The van der Waals surface area contributed by atoms with Gasteiger partial charge in [-0.25, -0.2) is 0 Å². The molecule has 5 heteroatoms. The molecule has 0 radical (unpaired) electrons. The van der Waals surface area contributed by atoms with E-state index >= 15 is 0 Å². The van der Waals surface area contributed by atoms with Crippen LogP contribution in [0, 0.1) is 5.92 Å². The standard InChI is InChI=1S/C18H25NO4/c1-4-23-16-9-5-14(6-10-16)11-17(20)19(15-7-8-15)12-13(2)18(21)22-3/h5-6,9-10,13,15H,4,7-8,11-12H2,1-3H3. The molecule has 0 heterocycles. The Morgan fingerprint density at radius 2 is 1.91 bits per heavy atom. The van der Waals surface area contributed by atoms with Crippen molar-refractivity contribution in [3.63, 3.8) is 0 Å². The molecular weight excluding hydrogens is 294 g/mol. The number of carbonyl (C=O) groups is 2. The summed E-state index contributed by atoms with van der Waals surface area (Å²) in [5.41, 5.74) is 0.954. The molecule has 1 saturated carbocycles. The monoisotopic (exact) mass is 319 g/mol. The number of benzene rings is 1. The van der Waals surface area contributed by atoms with Gasteiger partial charge in [-0.3, -0.25) is 9.59 Å². The van der Waals surface area contributed by atoms with E-state index in [2.05, 4.69) is 0 Å². The quantitative estimate of drug-likeness (QED) is 0.691. The van der Waals surface area contributed by atoms with Gasteiger partial charge in [0.2, 0.25) is 5.91 Å². The zero-order valence-electron chi connectivity index (χ0n) is 14.1. The maximum Gasteiger partial charge on any atom is 0.310 e. The van der Waals surface area contributed by atoms with Crippen LogP contribution in [0.3, 0.4) is 0 Å². The number of rotatable bonds is 8. The number of methoxy groups -OCH3 is 1. The zero-order valence-corrected chi connectivity index (χ0v) is 14.1. The molecule has 1 atom stereocenters. The molecule has 0 spiro atoms. The second-order valence-corrected chi connectivity index (χ2v) is 5.96. The fraction of sp³-hybridized carbons (Fsp3) is 0.556. The largest absolute Gasteiger partial charge is 0.494 e. The van der Waals surface area contributed by atoms with E-state index in [1.807, 2.05) is 36.1 Å². The molecule has 1 aromatic carbocycles. The van der Waals surface area contributed by atoms with Gasteiger partial charge in [0.1, 0.15) is 5.75 Å². The molecule has 1 unspecified atom stereocenters. The molecule has 0 N–H and O–H groups in total. The molecule has 126 valence electrons. The van der Waals surface area contributed by atoms with Crippen LogP contribution in [0.15, 0.2) is 24.3 Å². The lowest BCUT2D eigenvalue weighted by molar-refractivity contribution is -0.146. The Bertz CT molecular complexity index is 536. The SMILES string of the molecule is CCOc1ccc(CC(=O)N(CC(C)C(=O)OC)C2CC2)cc1. The van der Waals surface area contributed by atoms with Crippen LogP contribution in [0.2, 0.25) is 0 Å². The Morgan fingerprint density at radius 3 is 2.43 bits per heavy atom. The van der Waals surface area contributed by atoms with Crippen LogP contribution in [0.4, 0.5) is 0 Å². The van der Waals surface area contributed by atoms with Gasteiger partial charge in [0.05, 0.1) is 26.1 Å². The molecular formula is C18H25NO4. The molecule has 5 nitrogen and oxygen atoms in total. The summed E-state index contributed by atoms with van der Waals surface area (Å²) in [5, 5.41) is 0. The van der Waals surface area contributed by atoms with Crippen LogP contribution in [0.5, 0.6) is 5.75 Å². The van der Waals surface area contributed by atoms with Crippen molar-refractivity contribution in [2.24, 2.45) is 5.92 Å². The predicted molar refractivity (Wildman–Crippen MR) is 87.2 cm³/mol. The van der Waals surface area contributed by atoms with Gasteiger partial charge in [-0.2, -0.15) is 0 Å². The number of hydrogen-bond donors (Lipinski definition) is 0. The summed E-state index contributed by atoms with van der Waals surface area (Å²) in [6.45, 7) is 4.78. The third-order valence-corrected chi connectivity index (χ3v) is 3.97. The van der Waals surface area contributed by atoms with Crippen molar-refractivity contribution >= 4 is 11.9 Å². The van der Waals surface area contributed by atoms with E-state index < -0.39 is 0 Å². The van der Waals surface area contributed by atoms with Crippen LogP contribution in [0.1, 0.15) is 32.3 Å². The molecule has 0 saturated heterocycles. The molecule has 1 fully saturated rings. The number of esters is 1. The van der Waals surface area contributed by atoms with E-state index in [-0.39, 0.29) is 23.8 Å².